The Labute approximate surface area is 149 Å². The molecule has 0 radical (unpaired) electrons. The van der Waals surface area contributed by atoms with E-state index in [9.17, 15) is 4.79 Å². The molecule has 5 rings (SSSR count). The molecule has 2 aliphatic rings. The fraction of sp³-hybridized carbons (Fsp3) is 0.444. The minimum absolute atomic E-state index is 0.0695. The first-order chi connectivity index (χ1) is 12.8. The molecular formula is C18H19N5O3. The minimum atomic E-state index is -0.0695. The summed E-state index contributed by atoms with van der Waals surface area (Å²) in [7, 11) is 0. The molecule has 8 heteroatoms. The van der Waals surface area contributed by atoms with E-state index in [1.807, 2.05) is 0 Å². The molecule has 0 spiro atoms. The number of carbonyl (C=O) groups excluding carboxylic acids is 1. The Morgan fingerprint density at radius 3 is 3.04 bits per heavy atom. The number of fused-ring (bicyclic) bond motifs is 2. The average Bonchev–Trinajstić information content (AvgIpc) is 3.32. The third kappa shape index (κ3) is 2.57. The number of rotatable bonds is 2. The average molecular weight is 353 g/mol. The maximum Gasteiger partial charge on any atom is 0.259 e. The van der Waals surface area contributed by atoms with Crippen LogP contribution in [0.15, 0.2) is 29.1 Å². The van der Waals surface area contributed by atoms with Crippen molar-refractivity contribution in [2.24, 2.45) is 0 Å². The van der Waals surface area contributed by atoms with Crippen molar-refractivity contribution in [1.82, 2.24) is 24.5 Å². The number of amides is 1. The Hall–Kier alpha value is -2.74. The molecule has 0 atom stereocenters. The number of ether oxygens (including phenoxy) is 1. The molecule has 1 fully saturated rings. The third-order valence-electron chi connectivity index (χ3n) is 5.11. The number of nitrogens with zero attached hydrogens (tertiary/aromatic N) is 5. The van der Waals surface area contributed by atoms with E-state index in [0.29, 0.717) is 36.6 Å². The van der Waals surface area contributed by atoms with Gasteiger partial charge in [-0.25, -0.2) is 14.5 Å². The van der Waals surface area contributed by atoms with Crippen LogP contribution in [-0.2, 0) is 17.7 Å². The van der Waals surface area contributed by atoms with E-state index in [4.69, 9.17) is 14.1 Å². The van der Waals surface area contributed by atoms with Crippen LogP contribution >= 0.6 is 0 Å². The van der Waals surface area contributed by atoms with Gasteiger partial charge in [0.2, 0.25) is 0 Å². The molecule has 0 aromatic carbocycles. The summed E-state index contributed by atoms with van der Waals surface area (Å²) in [5, 5.41) is 4.20. The maximum absolute atomic E-state index is 13.0. The minimum Gasteiger partial charge on any atom is -0.445 e. The highest BCUT2D eigenvalue weighted by Gasteiger charge is 2.30. The first kappa shape index (κ1) is 15.5. The summed E-state index contributed by atoms with van der Waals surface area (Å²) in [5.41, 5.74) is 1.96. The largest absolute Gasteiger partial charge is 0.445 e. The fourth-order valence-electron chi connectivity index (χ4n) is 3.66. The predicted octanol–water partition coefficient (Wildman–Crippen LogP) is 1.81. The van der Waals surface area contributed by atoms with Crippen LogP contribution in [-0.4, -0.2) is 50.1 Å². The molecule has 3 aromatic heterocycles. The highest BCUT2D eigenvalue weighted by atomic mass is 16.5. The lowest BCUT2D eigenvalue weighted by molar-refractivity contribution is 0.0727. The van der Waals surface area contributed by atoms with Gasteiger partial charge >= 0.3 is 0 Å². The van der Waals surface area contributed by atoms with Gasteiger partial charge in [-0.15, -0.1) is 0 Å². The summed E-state index contributed by atoms with van der Waals surface area (Å²) in [6.07, 6.45) is 7.59. The van der Waals surface area contributed by atoms with Gasteiger partial charge in [0.15, 0.2) is 11.5 Å². The van der Waals surface area contributed by atoms with Gasteiger partial charge in [-0.05, 0) is 18.9 Å². The Balaban J connectivity index is 1.38. The Kier molecular flexibility index (Phi) is 3.70. The Morgan fingerprint density at radius 2 is 2.15 bits per heavy atom. The standard InChI is InChI=1S/C18H19N5O3/c24-18(13-10-20-23-6-1-5-19-16(13)23)22-7-2-15-14(11-22)21-17(26-15)12-3-8-25-9-4-12/h1,5-6,10,12H,2-4,7-9,11H2. The molecule has 8 nitrogen and oxygen atoms in total. The number of hydrogen-bond acceptors (Lipinski definition) is 6. The molecule has 2 aliphatic heterocycles. The van der Waals surface area contributed by atoms with Crippen molar-refractivity contribution in [3.05, 3.63) is 47.6 Å². The second-order valence-corrected chi connectivity index (χ2v) is 6.73. The zero-order valence-corrected chi connectivity index (χ0v) is 14.3. The second-order valence-electron chi connectivity index (χ2n) is 6.73. The van der Waals surface area contributed by atoms with Crippen molar-refractivity contribution >= 4 is 11.6 Å². The van der Waals surface area contributed by atoms with E-state index in [0.717, 1.165) is 43.4 Å². The van der Waals surface area contributed by atoms with Gasteiger partial charge in [0, 0.05) is 44.5 Å². The molecule has 0 N–H and O–H groups in total. The summed E-state index contributed by atoms with van der Waals surface area (Å²) < 4.78 is 13.0. The second kappa shape index (κ2) is 6.21. The highest BCUT2D eigenvalue weighted by molar-refractivity contribution is 5.99. The van der Waals surface area contributed by atoms with Crippen molar-refractivity contribution in [2.75, 3.05) is 19.8 Å². The van der Waals surface area contributed by atoms with Gasteiger partial charge in [0.1, 0.15) is 17.0 Å². The number of oxazole rings is 1. The van der Waals surface area contributed by atoms with E-state index >= 15 is 0 Å². The van der Waals surface area contributed by atoms with Gasteiger partial charge in [-0.1, -0.05) is 0 Å². The number of aromatic nitrogens is 4. The first-order valence-electron chi connectivity index (χ1n) is 8.93. The summed E-state index contributed by atoms with van der Waals surface area (Å²) in [4.78, 5) is 23.7. The highest BCUT2D eigenvalue weighted by Crippen LogP contribution is 2.30. The Bertz CT molecular complexity index is 957. The van der Waals surface area contributed by atoms with E-state index in [1.165, 1.54) is 0 Å². The molecule has 0 saturated carbocycles. The summed E-state index contributed by atoms with van der Waals surface area (Å²) in [6.45, 7) is 2.58. The lowest BCUT2D eigenvalue weighted by Crippen LogP contribution is -2.35. The molecule has 134 valence electrons. The van der Waals surface area contributed by atoms with Crippen LogP contribution < -0.4 is 0 Å². The molecule has 1 amide bonds. The zero-order valence-electron chi connectivity index (χ0n) is 14.3. The number of hydrogen-bond donors (Lipinski definition) is 0. The smallest absolute Gasteiger partial charge is 0.259 e. The van der Waals surface area contributed by atoms with Crippen molar-refractivity contribution in [2.45, 2.75) is 31.7 Å². The van der Waals surface area contributed by atoms with Gasteiger partial charge < -0.3 is 14.1 Å². The molecule has 26 heavy (non-hydrogen) atoms. The van der Waals surface area contributed by atoms with Crippen LogP contribution in [0.1, 0.15) is 46.5 Å². The van der Waals surface area contributed by atoms with Crippen LogP contribution in [0, 0.1) is 0 Å². The zero-order chi connectivity index (χ0) is 17.5. The molecule has 0 bridgehead atoms. The quantitative estimate of drug-likeness (QED) is 0.698. The fourth-order valence-corrected chi connectivity index (χ4v) is 3.66. The topological polar surface area (TPSA) is 85.8 Å². The normalized spacial score (nSPS) is 18.2. The lowest BCUT2D eigenvalue weighted by Gasteiger charge is -2.24. The summed E-state index contributed by atoms with van der Waals surface area (Å²) >= 11 is 0. The van der Waals surface area contributed by atoms with Crippen molar-refractivity contribution < 1.29 is 13.9 Å². The molecule has 1 saturated heterocycles. The van der Waals surface area contributed by atoms with Crippen molar-refractivity contribution in [3.63, 3.8) is 0 Å². The molecule has 5 heterocycles. The van der Waals surface area contributed by atoms with E-state index in [1.54, 1.807) is 34.1 Å². The van der Waals surface area contributed by atoms with Gasteiger partial charge in [0.25, 0.3) is 5.91 Å². The van der Waals surface area contributed by atoms with Crippen LogP contribution in [0.2, 0.25) is 0 Å². The maximum atomic E-state index is 13.0. The molecule has 3 aromatic rings. The SMILES string of the molecule is O=C(c1cnn2cccnc12)N1CCc2oc(C3CCOCC3)nc2C1. The van der Waals surface area contributed by atoms with E-state index in [-0.39, 0.29) is 5.91 Å². The van der Waals surface area contributed by atoms with Gasteiger partial charge in [-0.2, -0.15) is 5.10 Å². The van der Waals surface area contributed by atoms with Crippen LogP contribution in [0.25, 0.3) is 5.65 Å². The van der Waals surface area contributed by atoms with E-state index < -0.39 is 0 Å². The van der Waals surface area contributed by atoms with Crippen molar-refractivity contribution in [1.29, 1.82) is 0 Å². The van der Waals surface area contributed by atoms with Gasteiger partial charge in [0.05, 0.1) is 12.7 Å². The monoisotopic (exact) mass is 353 g/mol. The van der Waals surface area contributed by atoms with Crippen LogP contribution in [0.5, 0.6) is 0 Å². The lowest BCUT2D eigenvalue weighted by atomic mass is 10.0. The summed E-state index contributed by atoms with van der Waals surface area (Å²) in [6, 6.07) is 1.79. The van der Waals surface area contributed by atoms with Crippen molar-refractivity contribution in [3.8, 4) is 0 Å². The first-order valence-corrected chi connectivity index (χ1v) is 8.93. The number of carbonyl (C=O) groups is 1. The Morgan fingerprint density at radius 1 is 1.27 bits per heavy atom. The van der Waals surface area contributed by atoms with Crippen LogP contribution in [0.4, 0.5) is 0 Å². The molecule has 0 aliphatic carbocycles. The predicted molar refractivity (Wildman–Crippen MR) is 90.7 cm³/mol. The van der Waals surface area contributed by atoms with E-state index in [2.05, 4.69) is 10.1 Å². The van der Waals surface area contributed by atoms with Gasteiger partial charge in [-0.3, -0.25) is 4.79 Å². The molecular weight excluding hydrogens is 334 g/mol. The molecule has 0 unspecified atom stereocenters. The third-order valence-corrected chi connectivity index (χ3v) is 5.11. The summed E-state index contributed by atoms with van der Waals surface area (Å²) in [5.74, 6) is 1.96. The van der Waals surface area contributed by atoms with Crippen LogP contribution in [0.3, 0.4) is 0 Å².